The van der Waals surface area contributed by atoms with Gasteiger partial charge in [0.1, 0.15) is 5.82 Å². The van der Waals surface area contributed by atoms with Gasteiger partial charge < -0.3 is 19.3 Å². The number of piperidine rings is 1. The number of aromatic nitrogens is 2. The Morgan fingerprint density at radius 3 is 2.31 bits per heavy atom. The normalized spacial score (nSPS) is 30.6. The number of hydrogen-bond acceptors (Lipinski definition) is 3. The van der Waals surface area contributed by atoms with E-state index in [4.69, 9.17) is 4.98 Å². The van der Waals surface area contributed by atoms with Crippen molar-refractivity contribution in [2.24, 2.45) is 11.8 Å². The molecule has 6 atom stereocenters. The molecule has 7 nitrogen and oxygen atoms in total. The van der Waals surface area contributed by atoms with Crippen LogP contribution in [0.2, 0.25) is 0 Å². The third-order valence-corrected chi connectivity index (χ3v) is 10.3. The lowest BCUT2D eigenvalue weighted by atomic mass is 9.87. The summed E-state index contributed by atoms with van der Waals surface area (Å²) in [5.74, 6) is 2.26. The summed E-state index contributed by atoms with van der Waals surface area (Å²) in [5, 5.41) is 0. The van der Waals surface area contributed by atoms with Gasteiger partial charge in [-0.25, -0.2) is 4.98 Å². The lowest BCUT2D eigenvalue weighted by molar-refractivity contribution is -0.945. The summed E-state index contributed by atoms with van der Waals surface area (Å²) in [6.07, 6.45) is 5.02. The van der Waals surface area contributed by atoms with Crippen molar-refractivity contribution in [1.29, 1.82) is 0 Å². The number of hydrogen-bond donors (Lipinski definition) is 1. The van der Waals surface area contributed by atoms with Crippen LogP contribution < -0.4 is 4.90 Å². The Hall–Kier alpha value is -3.19. The summed E-state index contributed by atoms with van der Waals surface area (Å²) in [6.45, 7) is 7.69. The van der Waals surface area contributed by atoms with Crippen molar-refractivity contribution in [2.45, 2.75) is 63.6 Å². The molecule has 39 heavy (non-hydrogen) atoms. The van der Waals surface area contributed by atoms with Gasteiger partial charge in [-0.05, 0) is 24.6 Å². The molecule has 0 spiro atoms. The second-order valence-corrected chi connectivity index (χ2v) is 12.5. The van der Waals surface area contributed by atoms with Crippen LogP contribution in [-0.2, 0) is 9.59 Å². The van der Waals surface area contributed by atoms with Gasteiger partial charge in [0.2, 0.25) is 11.8 Å². The molecule has 2 aromatic carbocycles. The topological polar surface area (TPSA) is 62.9 Å². The number of benzene rings is 2. The molecule has 204 valence electrons. The minimum absolute atomic E-state index is 0.0309. The maximum atomic E-state index is 13.4. The number of rotatable bonds is 5. The summed E-state index contributed by atoms with van der Waals surface area (Å²) < 4.78 is 2.52. The van der Waals surface area contributed by atoms with Gasteiger partial charge >= 0.3 is 0 Å². The van der Waals surface area contributed by atoms with E-state index in [1.165, 1.54) is 36.8 Å². The van der Waals surface area contributed by atoms with Crippen LogP contribution in [0.5, 0.6) is 0 Å². The van der Waals surface area contributed by atoms with Crippen molar-refractivity contribution >= 4 is 22.8 Å². The molecule has 7 rings (SSSR count). The standard InChI is InChI=1S/C32H39N5O2/c1-21-33-30-10-6-7-11-31(30)37(21)28-14-26-12-13-27(15-28)36(26)19-24-16-35(20-29(24)23-8-4-3-5-9-23)32(39)25-17-34(18-25)22(2)38/h3-11,24-29H,12-20H2,1-2H3/p+1/t24-,26-,27+,28?,29-/m1/s1. The van der Waals surface area contributed by atoms with E-state index >= 15 is 0 Å². The van der Waals surface area contributed by atoms with Gasteiger partial charge in [0.25, 0.3) is 0 Å². The van der Waals surface area contributed by atoms with E-state index in [1.54, 1.807) is 16.7 Å². The number of para-hydroxylation sites is 2. The first-order valence-corrected chi connectivity index (χ1v) is 14.8. The number of imidazole rings is 1. The number of nitrogens with zero attached hydrogens (tertiary/aromatic N) is 4. The van der Waals surface area contributed by atoms with Crippen molar-refractivity contribution in [3.8, 4) is 0 Å². The Labute approximate surface area is 230 Å². The number of carbonyl (C=O) groups is 2. The fourth-order valence-electron chi connectivity index (χ4n) is 8.36. The van der Waals surface area contributed by atoms with Crippen LogP contribution in [0.3, 0.4) is 0 Å². The number of nitrogens with one attached hydrogen (secondary N) is 1. The molecule has 5 heterocycles. The van der Waals surface area contributed by atoms with Crippen LogP contribution in [0.4, 0.5) is 0 Å². The molecule has 4 aliphatic heterocycles. The third-order valence-electron chi connectivity index (χ3n) is 10.3. The number of quaternary nitrogens is 1. The largest absolute Gasteiger partial charge is 0.341 e. The summed E-state index contributed by atoms with van der Waals surface area (Å²) in [7, 11) is 0. The monoisotopic (exact) mass is 526 g/mol. The molecule has 0 aliphatic carbocycles. The van der Waals surface area contributed by atoms with E-state index in [9.17, 15) is 9.59 Å². The van der Waals surface area contributed by atoms with Crippen molar-refractivity contribution in [3.05, 3.63) is 66.0 Å². The molecule has 0 saturated carbocycles. The van der Waals surface area contributed by atoms with Crippen LogP contribution >= 0.6 is 0 Å². The number of carbonyl (C=O) groups excluding carboxylic acids is 2. The number of likely N-dealkylation sites (tertiary alicyclic amines) is 2. The van der Waals surface area contributed by atoms with Crippen molar-refractivity contribution in [2.75, 3.05) is 32.7 Å². The van der Waals surface area contributed by atoms with E-state index in [0.717, 1.165) is 31.0 Å². The zero-order valence-corrected chi connectivity index (χ0v) is 23.1. The molecule has 7 heteroatoms. The second kappa shape index (κ2) is 9.77. The molecular weight excluding hydrogens is 486 g/mol. The Morgan fingerprint density at radius 1 is 0.897 bits per heavy atom. The molecule has 4 saturated heterocycles. The highest BCUT2D eigenvalue weighted by Gasteiger charge is 2.49. The SMILES string of the molecule is CC(=O)N1CC(C(=O)N2C[C@H](C[NH+]3[C@@H]4CC[C@H]3CC(n3c(C)nc5ccccc53)C4)[C@@H](c3ccccc3)C2)C1. The van der Waals surface area contributed by atoms with Crippen molar-refractivity contribution in [1.82, 2.24) is 19.4 Å². The molecule has 2 amide bonds. The van der Waals surface area contributed by atoms with Gasteiger partial charge in [0.15, 0.2) is 0 Å². The molecule has 2 unspecified atom stereocenters. The fraction of sp³-hybridized carbons (Fsp3) is 0.531. The van der Waals surface area contributed by atoms with Gasteiger partial charge in [-0.2, -0.15) is 0 Å². The van der Waals surface area contributed by atoms with Crippen LogP contribution in [0.15, 0.2) is 54.6 Å². The quantitative estimate of drug-likeness (QED) is 0.556. The highest BCUT2D eigenvalue weighted by Crippen LogP contribution is 2.37. The van der Waals surface area contributed by atoms with E-state index in [1.807, 2.05) is 0 Å². The maximum Gasteiger partial charge on any atom is 0.229 e. The third kappa shape index (κ3) is 4.35. The van der Waals surface area contributed by atoms with E-state index in [0.29, 0.717) is 43.1 Å². The molecule has 1 aromatic heterocycles. The molecule has 4 fully saturated rings. The minimum Gasteiger partial charge on any atom is -0.341 e. The first-order valence-electron chi connectivity index (χ1n) is 14.8. The van der Waals surface area contributed by atoms with Crippen molar-refractivity contribution < 1.29 is 14.5 Å². The van der Waals surface area contributed by atoms with Gasteiger partial charge in [0, 0.05) is 76.7 Å². The molecular formula is C32H40N5O2+. The summed E-state index contributed by atoms with van der Waals surface area (Å²) in [6, 6.07) is 21.3. The van der Waals surface area contributed by atoms with Crippen LogP contribution in [0, 0.1) is 18.8 Å². The molecule has 3 aromatic rings. The smallest absolute Gasteiger partial charge is 0.229 e. The molecule has 1 N–H and O–H groups in total. The van der Waals surface area contributed by atoms with E-state index in [-0.39, 0.29) is 17.7 Å². The Balaban J connectivity index is 1.08. The summed E-state index contributed by atoms with van der Waals surface area (Å²) >= 11 is 0. The maximum absolute atomic E-state index is 13.4. The number of fused-ring (bicyclic) bond motifs is 3. The lowest BCUT2D eigenvalue weighted by Gasteiger charge is -2.39. The van der Waals surface area contributed by atoms with E-state index < -0.39 is 0 Å². The minimum atomic E-state index is -0.0309. The Kier molecular flexibility index (Phi) is 6.22. The first-order chi connectivity index (χ1) is 19.0. The van der Waals surface area contributed by atoms with Crippen LogP contribution in [-0.4, -0.2) is 76.0 Å². The predicted molar refractivity (Wildman–Crippen MR) is 150 cm³/mol. The van der Waals surface area contributed by atoms with Crippen LogP contribution in [0.1, 0.15) is 56.0 Å². The summed E-state index contributed by atoms with van der Waals surface area (Å²) in [5.41, 5.74) is 3.74. The Bertz CT molecular complexity index is 1370. The van der Waals surface area contributed by atoms with E-state index in [2.05, 4.69) is 71.0 Å². The van der Waals surface area contributed by atoms with Crippen molar-refractivity contribution in [3.63, 3.8) is 0 Å². The molecule has 2 bridgehead atoms. The van der Waals surface area contributed by atoms with Gasteiger partial charge in [-0.3, -0.25) is 9.59 Å². The highest BCUT2D eigenvalue weighted by atomic mass is 16.2. The first kappa shape index (κ1) is 24.8. The highest BCUT2D eigenvalue weighted by molar-refractivity contribution is 5.84. The Morgan fingerprint density at radius 2 is 1.59 bits per heavy atom. The van der Waals surface area contributed by atoms with Gasteiger partial charge in [0.05, 0.1) is 35.6 Å². The zero-order valence-electron chi connectivity index (χ0n) is 23.1. The molecule has 4 aliphatic rings. The molecule has 0 radical (unpaired) electrons. The van der Waals surface area contributed by atoms with Gasteiger partial charge in [-0.1, -0.05) is 42.5 Å². The predicted octanol–water partition coefficient (Wildman–Crippen LogP) is 2.82. The average Bonchev–Trinajstić information content (AvgIpc) is 3.54. The fourth-order valence-corrected chi connectivity index (χ4v) is 8.36. The second-order valence-electron chi connectivity index (χ2n) is 12.5. The van der Waals surface area contributed by atoms with Gasteiger partial charge in [-0.15, -0.1) is 0 Å². The zero-order chi connectivity index (χ0) is 26.7. The summed E-state index contributed by atoms with van der Waals surface area (Å²) in [4.78, 5) is 35.7. The van der Waals surface area contributed by atoms with Crippen LogP contribution in [0.25, 0.3) is 11.0 Å². The number of amides is 2. The lowest BCUT2D eigenvalue weighted by Crippen LogP contribution is -3.18. The number of aryl methyl sites for hydroxylation is 1. The average molecular weight is 527 g/mol.